The van der Waals surface area contributed by atoms with Crippen molar-refractivity contribution in [2.75, 3.05) is 13.2 Å². The summed E-state index contributed by atoms with van der Waals surface area (Å²) in [4.78, 5) is 13.9. The van der Waals surface area contributed by atoms with Gasteiger partial charge in [0.1, 0.15) is 0 Å². The molecule has 0 saturated carbocycles. The van der Waals surface area contributed by atoms with Crippen LogP contribution in [-0.2, 0) is 28.9 Å². The molecule has 0 unspecified atom stereocenters. The van der Waals surface area contributed by atoms with E-state index < -0.39 is 0 Å². The van der Waals surface area contributed by atoms with Crippen molar-refractivity contribution in [3.63, 3.8) is 0 Å². The number of nitrogens with zero attached hydrogens (tertiary/aromatic N) is 2. The van der Waals surface area contributed by atoms with E-state index in [0.29, 0.717) is 13.0 Å². The Morgan fingerprint density at radius 2 is 2.08 bits per heavy atom. The molecule has 1 fully saturated rings. The van der Waals surface area contributed by atoms with Crippen molar-refractivity contribution >= 4 is 27.0 Å². The number of benzene rings is 1. The second-order valence-corrected chi connectivity index (χ2v) is 8.20. The third kappa shape index (κ3) is 2.89. The molecule has 0 bridgehead atoms. The number of thiophene rings is 1. The second kappa shape index (κ2) is 7.08. The van der Waals surface area contributed by atoms with Gasteiger partial charge in [-0.1, -0.05) is 0 Å². The van der Waals surface area contributed by atoms with Gasteiger partial charge in [0, 0.05) is 0 Å². The van der Waals surface area contributed by atoms with Gasteiger partial charge in [-0.2, -0.15) is 0 Å². The fourth-order valence-electron chi connectivity index (χ4n) is 3.48. The number of carbonyl (C=O) groups excluding carboxylic acids is 1. The number of amides is 1. The Bertz CT molecular complexity index is 832. The van der Waals surface area contributed by atoms with Gasteiger partial charge in [0.05, 0.1) is 0 Å². The first-order valence-corrected chi connectivity index (χ1v) is 10.7. The van der Waals surface area contributed by atoms with Crippen molar-refractivity contribution in [3.8, 4) is 0 Å². The van der Waals surface area contributed by atoms with Crippen molar-refractivity contribution in [1.82, 2.24) is 10.0 Å². The molecule has 3 heterocycles. The number of hydrogen-bond donors (Lipinski definition) is 0. The quantitative estimate of drug-likeness (QED) is 0.604. The van der Waals surface area contributed by atoms with Crippen LogP contribution in [0.1, 0.15) is 29.8 Å². The van der Waals surface area contributed by atoms with Gasteiger partial charge in [-0.15, -0.1) is 0 Å². The number of hydrazine groups is 1. The molecule has 1 aromatic heterocycles. The molecule has 4 rings (SSSR count). The van der Waals surface area contributed by atoms with E-state index in [1.165, 1.54) is 24.2 Å². The van der Waals surface area contributed by atoms with E-state index in [9.17, 15) is 4.79 Å². The van der Waals surface area contributed by atoms with E-state index in [1.807, 2.05) is 30.1 Å². The van der Waals surface area contributed by atoms with Crippen molar-refractivity contribution in [1.29, 1.82) is 0 Å². The standard InChI is InChI=1S/C19H18N2O2S.W/c1-2-23-13-15-18(14-7-4-3-5-8-14)21-17(22)10-11-20(21)19(15)16-9-6-12-24-16;/h3-9,12,19H,2,10-11H2,1H3;/t19-;/m1./s1. The molecule has 6 heteroatoms. The zero-order valence-corrected chi connectivity index (χ0v) is 17.6. The number of fused-ring (bicyclic) bond motifs is 1. The Balaban J connectivity index is 1.93. The maximum atomic E-state index is 12.7. The van der Waals surface area contributed by atoms with Crippen LogP contribution in [0.15, 0.2) is 53.4 Å². The van der Waals surface area contributed by atoms with Crippen molar-refractivity contribution in [3.05, 3.63) is 63.9 Å². The Labute approximate surface area is 162 Å². The molecule has 1 saturated heterocycles. The van der Waals surface area contributed by atoms with E-state index in [0.717, 1.165) is 27.5 Å². The SMILES string of the molecule is CCO[C](=[W])C1=C(c2ccccc2)N2C(=O)CCN2[C@H]1c1cccs1. The number of hydrogen-bond acceptors (Lipinski definition) is 4. The summed E-state index contributed by atoms with van der Waals surface area (Å²) in [5, 5.41) is 6.18. The summed E-state index contributed by atoms with van der Waals surface area (Å²) >= 11 is 3.02. The molecule has 2 aliphatic heterocycles. The molecular formula is C19H18N2O2SW. The average molecular weight is 522 g/mol. The van der Waals surface area contributed by atoms with E-state index in [4.69, 9.17) is 4.74 Å². The first-order valence-electron chi connectivity index (χ1n) is 8.32. The molecule has 2 aromatic rings. The molecule has 1 aromatic carbocycles. The molecule has 0 radical (unpaired) electrons. The predicted octanol–water partition coefficient (Wildman–Crippen LogP) is 3.38. The molecule has 4 nitrogen and oxygen atoms in total. The molecule has 1 atom stereocenters. The third-order valence-electron chi connectivity index (χ3n) is 4.44. The molecule has 2 aliphatic rings. The van der Waals surface area contributed by atoms with Gasteiger partial charge in [0.2, 0.25) is 0 Å². The van der Waals surface area contributed by atoms with E-state index in [-0.39, 0.29) is 11.9 Å². The van der Waals surface area contributed by atoms with Crippen LogP contribution in [-0.4, -0.2) is 33.2 Å². The van der Waals surface area contributed by atoms with Gasteiger partial charge >= 0.3 is 162 Å². The third-order valence-corrected chi connectivity index (χ3v) is 6.58. The van der Waals surface area contributed by atoms with Crippen LogP contribution in [0.4, 0.5) is 0 Å². The molecular weight excluding hydrogens is 504 g/mol. The summed E-state index contributed by atoms with van der Waals surface area (Å²) in [5.74, 6) is 0.162. The van der Waals surface area contributed by atoms with E-state index in [2.05, 4.69) is 34.7 Å². The number of rotatable bonds is 5. The topological polar surface area (TPSA) is 32.8 Å². The minimum atomic E-state index is 0.0562. The van der Waals surface area contributed by atoms with E-state index >= 15 is 0 Å². The first kappa shape index (κ1) is 17.0. The monoisotopic (exact) mass is 522 g/mol. The maximum absolute atomic E-state index is 12.7. The normalized spacial score (nSPS) is 20.4. The van der Waals surface area contributed by atoms with Gasteiger partial charge in [0.25, 0.3) is 0 Å². The van der Waals surface area contributed by atoms with Crippen molar-refractivity contribution in [2.24, 2.45) is 0 Å². The Morgan fingerprint density at radius 1 is 1.28 bits per heavy atom. The summed E-state index contributed by atoms with van der Waals surface area (Å²) in [7, 11) is 0. The summed E-state index contributed by atoms with van der Waals surface area (Å²) in [5.41, 5.74) is 3.19. The summed E-state index contributed by atoms with van der Waals surface area (Å²) in [6, 6.07) is 14.5. The van der Waals surface area contributed by atoms with Gasteiger partial charge < -0.3 is 0 Å². The van der Waals surface area contributed by atoms with E-state index in [1.54, 1.807) is 11.3 Å². The molecule has 0 spiro atoms. The van der Waals surface area contributed by atoms with Gasteiger partial charge in [-0.25, -0.2) is 0 Å². The average Bonchev–Trinajstić information content (AvgIpc) is 3.33. The molecule has 128 valence electrons. The van der Waals surface area contributed by atoms with Crippen molar-refractivity contribution < 1.29 is 28.9 Å². The van der Waals surface area contributed by atoms with Crippen LogP contribution in [0.5, 0.6) is 0 Å². The number of carbonyl (C=O) groups is 1. The number of ether oxygens (including phenoxy) is 1. The fourth-order valence-corrected chi connectivity index (χ4v) is 5.49. The van der Waals surface area contributed by atoms with Gasteiger partial charge in [-0.3, -0.25) is 0 Å². The molecule has 0 aliphatic carbocycles. The van der Waals surface area contributed by atoms with Gasteiger partial charge in [-0.05, 0) is 0 Å². The summed E-state index contributed by atoms with van der Waals surface area (Å²) < 4.78 is 6.92. The van der Waals surface area contributed by atoms with Crippen LogP contribution in [0.3, 0.4) is 0 Å². The van der Waals surface area contributed by atoms with Crippen LogP contribution >= 0.6 is 11.3 Å². The van der Waals surface area contributed by atoms with Crippen LogP contribution in [0.2, 0.25) is 0 Å². The van der Waals surface area contributed by atoms with Crippen LogP contribution in [0, 0.1) is 0 Å². The molecule has 25 heavy (non-hydrogen) atoms. The minimum absolute atomic E-state index is 0.0562. The fraction of sp³-hybridized carbons (Fsp3) is 0.263. The van der Waals surface area contributed by atoms with Crippen LogP contribution in [0.25, 0.3) is 5.70 Å². The predicted molar refractivity (Wildman–Crippen MR) is 95.2 cm³/mol. The summed E-state index contributed by atoms with van der Waals surface area (Å²) in [6.07, 6.45) is 0.562. The molecule has 1 amide bonds. The Morgan fingerprint density at radius 3 is 2.76 bits per heavy atom. The zero-order valence-electron chi connectivity index (χ0n) is 13.8. The Hall–Kier alpha value is -1.39. The van der Waals surface area contributed by atoms with Crippen molar-refractivity contribution in [2.45, 2.75) is 19.4 Å². The Kier molecular flexibility index (Phi) is 4.83. The van der Waals surface area contributed by atoms with Crippen LogP contribution < -0.4 is 0 Å². The zero-order chi connectivity index (χ0) is 17.4. The summed E-state index contributed by atoms with van der Waals surface area (Å²) in [6.45, 7) is 3.39. The molecule has 0 N–H and O–H groups in total. The second-order valence-electron chi connectivity index (χ2n) is 5.89. The first-order chi connectivity index (χ1) is 12.2. The van der Waals surface area contributed by atoms with Gasteiger partial charge in [0.15, 0.2) is 0 Å².